The lowest BCUT2D eigenvalue weighted by molar-refractivity contribution is -0.118. The molecule has 1 unspecified atom stereocenters. The molecule has 2 heterocycles. The number of nitrogens with zero attached hydrogens (tertiary/aromatic N) is 3. The number of amides is 1. The second-order valence-electron chi connectivity index (χ2n) is 6.53. The third-order valence-corrected chi connectivity index (χ3v) is 5.55. The molecule has 1 aromatic carbocycles. The molecule has 0 radical (unpaired) electrons. The minimum Gasteiger partial charge on any atom is -0.326 e. The Bertz CT molecular complexity index is 1030. The van der Waals surface area contributed by atoms with Crippen LogP contribution < -0.4 is 5.32 Å². The van der Waals surface area contributed by atoms with Crippen LogP contribution in [0.25, 0.3) is 5.65 Å². The molecule has 9 heteroatoms. The number of hydrogen-bond donors (Lipinski definition) is 1. The number of fused-ring (bicyclic) bond motifs is 1. The molecule has 1 N–H and O–H groups in total. The van der Waals surface area contributed by atoms with E-state index in [9.17, 15) is 9.59 Å². The summed E-state index contributed by atoms with van der Waals surface area (Å²) in [5.74, 6) is -0.242. The molecule has 0 aliphatic heterocycles. The Hall–Kier alpha value is -2.09. The van der Waals surface area contributed by atoms with Crippen LogP contribution in [0.1, 0.15) is 31.1 Å². The molecule has 0 spiro atoms. The molecular formula is C19H18Cl2N4O2S. The van der Waals surface area contributed by atoms with Crippen molar-refractivity contribution in [2.24, 2.45) is 5.92 Å². The Morgan fingerprint density at radius 1 is 1.11 bits per heavy atom. The third-order valence-electron chi connectivity index (χ3n) is 4.01. The predicted octanol–water partition coefficient (Wildman–Crippen LogP) is 4.99. The van der Waals surface area contributed by atoms with Gasteiger partial charge < -0.3 is 5.32 Å². The number of hydrogen-bond acceptors (Lipinski definition) is 5. The van der Waals surface area contributed by atoms with E-state index in [2.05, 4.69) is 15.5 Å². The smallest absolute Gasteiger partial charge is 0.226 e. The SMILES string of the molecule is CC(C)C(=O)Nc1ccc(C(=O)C(C)Sc2nnc3c(Cl)cc(Cl)cn23)cc1. The standard InChI is InChI=1S/C19H18Cl2N4O2S/c1-10(2)18(27)22-14-6-4-12(5-7-14)16(26)11(3)28-19-24-23-17-15(21)8-13(20)9-25(17)19/h4-11H,1-3H3,(H,22,27). The molecule has 1 atom stereocenters. The van der Waals surface area contributed by atoms with E-state index in [0.717, 1.165) is 0 Å². The lowest BCUT2D eigenvalue weighted by atomic mass is 10.1. The van der Waals surface area contributed by atoms with Crippen molar-refractivity contribution in [2.45, 2.75) is 31.2 Å². The van der Waals surface area contributed by atoms with Crippen molar-refractivity contribution in [3.63, 3.8) is 0 Å². The van der Waals surface area contributed by atoms with Gasteiger partial charge >= 0.3 is 0 Å². The Morgan fingerprint density at radius 2 is 1.79 bits per heavy atom. The second-order valence-corrected chi connectivity index (χ2v) is 8.68. The number of anilines is 1. The average molecular weight is 437 g/mol. The molecule has 0 saturated heterocycles. The lowest BCUT2D eigenvalue weighted by Gasteiger charge is -2.11. The summed E-state index contributed by atoms with van der Waals surface area (Å²) >= 11 is 13.4. The monoisotopic (exact) mass is 436 g/mol. The Morgan fingerprint density at radius 3 is 2.43 bits per heavy atom. The zero-order chi connectivity index (χ0) is 20.4. The molecule has 2 aromatic heterocycles. The van der Waals surface area contributed by atoms with Crippen molar-refractivity contribution in [1.29, 1.82) is 0 Å². The van der Waals surface area contributed by atoms with E-state index in [1.165, 1.54) is 11.8 Å². The van der Waals surface area contributed by atoms with E-state index < -0.39 is 5.25 Å². The molecule has 6 nitrogen and oxygen atoms in total. The number of thioether (sulfide) groups is 1. The molecule has 0 fully saturated rings. The third kappa shape index (κ3) is 4.48. The van der Waals surface area contributed by atoms with Gasteiger partial charge in [-0.05, 0) is 37.3 Å². The number of nitrogens with one attached hydrogen (secondary N) is 1. The maximum absolute atomic E-state index is 12.8. The molecule has 28 heavy (non-hydrogen) atoms. The first-order valence-corrected chi connectivity index (χ1v) is 10.2. The van der Waals surface area contributed by atoms with Gasteiger partial charge in [0.1, 0.15) is 0 Å². The first-order chi connectivity index (χ1) is 13.3. The normalized spacial score (nSPS) is 12.4. The largest absolute Gasteiger partial charge is 0.326 e. The van der Waals surface area contributed by atoms with Gasteiger partial charge in [-0.3, -0.25) is 14.0 Å². The molecule has 1 amide bonds. The fourth-order valence-corrected chi connectivity index (χ4v) is 3.84. The summed E-state index contributed by atoms with van der Waals surface area (Å²) in [6.45, 7) is 5.44. The Kier molecular flexibility index (Phi) is 6.27. The molecular weight excluding hydrogens is 419 g/mol. The average Bonchev–Trinajstić information content (AvgIpc) is 3.04. The molecule has 0 aliphatic rings. The van der Waals surface area contributed by atoms with Crippen molar-refractivity contribution in [1.82, 2.24) is 14.6 Å². The van der Waals surface area contributed by atoms with Crippen LogP contribution in [0, 0.1) is 5.92 Å². The zero-order valence-electron chi connectivity index (χ0n) is 15.4. The molecule has 3 aromatic rings. The summed E-state index contributed by atoms with van der Waals surface area (Å²) < 4.78 is 1.67. The maximum atomic E-state index is 12.8. The van der Waals surface area contributed by atoms with Gasteiger partial charge in [-0.15, -0.1) is 10.2 Å². The van der Waals surface area contributed by atoms with E-state index in [4.69, 9.17) is 23.2 Å². The second kappa shape index (κ2) is 8.51. The van der Waals surface area contributed by atoms with Crippen LogP contribution in [0.4, 0.5) is 5.69 Å². The van der Waals surface area contributed by atoms with Gasteiger partial charge in [0.2, 0.25) is 5.91 Å². The number of aromatic nitrogens is 3. The highest BCUT2D eigenvalue weighted by Crippen LogP contribution is 2.29. The summed E-state index contributed by atoms with van der Waals surface area (Å²) in [5, 5.41) is 11.9. The number of carbonyl (C=O) groups excluding carboxylic acids is 2. The number of halogens is 2. The molecule has 0 saturated carbocycles. The number of rotatable bonds is 6. The van der Waals surface area contributed by atoms with E-state index in [1.807, 2.05) is 13.8 Å². The van der Waals surface area contributed by atoms with Gasteiger partial charge in [-0.1, -0.05) is 48.8 Å². The van der Waals surface area contributed by atoms with Gasteiger partial charge in [0.15, 0.2) is 16.6 Å². The van der Waals surface area contributed by atoms with Crippen LogP contribution in [-0.4, -0.2) is 31.5 Å². The highest BCUT2D eigenvalue weighted by Gasteiger charge is 2.20. The molecule has 3 rings (SSSR count). The quantitative estimate of drug-likeness (QED) is 0.434. The molecule has 0 bridgehead atoms. The first-order valence-electron chi connectivity index (χ1n) is 8.58. The Labute approximate surface area is 176 Å². The lowest BCUT2D eigenvalue weighted by Crippen LogP contribution is -2.18. The number of carbonyl (C=O) groups is 2. The van der Waals surface area contributed by atoms with Crippen LogP contribution in [0.3, 0.4) is 0 Å². The number of ketones is 1. The fourth-order valence-electron chi connectivity index (χ4n) is 2.43. The van der Waals surface area contributed by atoms with Crippen LogP contribution in [-0.2, 0) is 4.79 Å². The summed E-state index contributed by atoms with van der Waals surface area (Å²) in [6.07, 6.45) is 1.66. The van der Waals surface area contributed by atoms with Crippen molar-refractivity contribution in [3.05, 3.63) is 52.1 Å². The highest BCUT2D eigenvalue weighted by molar-refractivity contribution is 8.00. The van der Waals surface area contributed by atoms with Crippen LogP contribution in [0.2, 0.25) is 10.0 Å². The van der Waals surface area contributed by atoms with E-state index in [0.29, 0.717) is 32.1 Å². The topological polar surface area (TPSA) is 76.4 Å². The van der Waals surface area contributed by atoms with Gasteiger partial charge in [-0.25, -0.2) is 0 Å². The van der Waals surface area contributed by atoms with Gasteiger partial charge in [0.25, 0.3) is 0 Å². The Balaban J connectivity index is 1.74. The van der Waals surface area contributed by atoms with Gasteiger partial charge in [0.05, 0.1) is 15.3 Å². The maximum Gasteiger partial charge on any atom is 0.226 e. The van der Waals surface area contributed by atoms with Crippen molar-refractivity contribution >= 4 is 58.0 Å². The van der Waals surface area contributed by atoms with Crippen LogP contribution >= 0.6 is 35.0 Å². The molecule has 146 valence electrons. The van der Waals surface area contributed by atoms with Gasteiger partial charge in [0, 0.05) is 23.4 Å². The van der Waals surface area contributed by atoms with E-state index in [-0.39, 0.29) is 17.6 Å². The highest BCUT2D eigenvalue weighted by atomic mass is 35.5. The minimum atomic E-state index is -0.402. The number of Topliss-reactive ketones (excluding diaryl/α,β-unsaturated/α-hetero) is 1. The molecule has 0 aliphatic carbocycles. The van der Waals surface area contributed by atoms with Crippen molar-refractivity contribution < 1.29 is 9.59 Å². The summed E-state index contributed by atoms with van der Waals surface area (Å²) in [5.41, 5.74) is 1.69. The van der Waals surface area contributed by atoms with Gasteiger partial charge in [-0.2, -0.15) is 0 Å². The van der Waals surface area contributed by atoms with Crippen LogP contribution in [0.5, 0.6) is 0 Å². The summed E-state index contributed by atoms with van der Waals surface area (Å²) in [4.78, 5) is 24.5. The summed E-state index contributed by atoms with van der Waals surface area (Å²) in [7, 11) is 0. The van der Waals surface area contributed by atoms with Crippen LogP contribution in [0.15, 0.2) is 41.7 Å². The van der Waals surface area contributed by atoms with Crippen molar-refractivity contribution in [3.8, 4) is 0 Å². The minimum absolute atomic E-state index is 0.0587. The van der Waals surface area contributed by atoms with E-state index in [1.54, 1.807) is 47.9 Å². The fraction of sp³-hybridized carbons (Fsp3) is 0.263. The predicted molar refractivity (Wildman–Crippen MR) is 113 cm³/mol. The first kappa shape index (κ1) is 20.6. The zero-order valence-corrected chi connectivity index (χ0v) is 17.8. The summed E-state index contributed by atoms with van der Waals surface area (Å²) in [6, 6.07) is 8.43. The van der Waals surface area contributed by atoms with E-state index >= 15 is 0 Å². The number of pyridine rings is 1. The number of benzene rings is 1. The van der Waals surface area contributed by atoms with Crippen molar-refractivity contribution in [2.75, 3.05) is 5.32 Å².